The number of ether oxygens (including phenoxy) is 1. The number of nitrogens with one attached hydrogen (secondary N) is 2. The fourth-order valence-corrected chi connectivity index (χ4v) is 2.48. The third-order valence-electron chi connectivity index (χ3n) is 3.93. The van der Waals surface area contributed by atoms with Gasteiger partial charge in [-0.25, -0.2) is 9.59 Å². The van der Waals surface area contributed by atoms with Crippen LogP contribution < -0.4 is 10.6 Å². The van der Waals surface area contributed by atoms with Crippen LogP contribution in [0.5, 0.6) is 0 Å². The zero-order chi connectivity index (χ0) is 22.1. The third-order valence-corrected chi connectivity index (χ3v) is 3.93. The summed E-state index contributed by atoms with van der Waals surface area (Å²) < 4.78 is 43.3. The molecule has 3 N–H and O–H groups in total. The SMILES string of the molecule is O=C(CNC(=O)OCc1ccccc1)N[C@@H](Cc1cccc(C(F)(F)F)c1)C(=O)O. The molecule has 0 heterocycles. The quantitative estimate of drug-likeness (QED) is 0.605. The van der Waals surface area contributed by atoms with Gasteiger partial charge in [-0.3, -0.25) is 4.79 Å². The first-order valence-corrected chi connectivity index (χ1v) is 8.78. The van der Waals surface area contributed by atoms with Gasteiger partial charge in [-0.05, 0) is 17.2 Å². The molecule has 7 nitrogen and oxygen atoms in total. The minimum absolute atomic E-state index is 0.0123. The smallest absolute Gasteiger partial charge is 0.416 e. The van der Waals surface area contributed by atoms with Crippen LogP contribution in [0.25, 0.3) is 0 Å². The maximum Gasteiger partial charge on any atom is 0.416 e. The van der Waals surface area contributed by atoms with E-state index in [0.29, 0.717) is 0 Å². The number of carbonyl (C=O) groups excluding carboxylic acids is 2. The summed E-state index contributed by atoms with van der Waals surface area (Å²) in [6.45, 7) is -0.568. The Morgan fingerprint density at radius 1 is 1.00 bits per heavy atom. The molecule has 0 unspecified atom stereocenters. The molecule has 0 saturated carbocycles. The van der Waals surface area contributed by atoms with Crippen molar-refractivity contribution in [3.8, 4) is 0 Å². The number of hydrogen-bond donors (Lipinski definition) is 3. The molecule has 160 valence electrons. The van der Waals surface area contributed by atoms with E-state index in [1.54, 1.807) is 30.3 Å². The van der Waals surface area contributed by atoms with E-state index in [-0.39, 0.29) is 18.6 Å². The van der Waals surface area contributed by atoms with Crippen molar-refractivity contribution >= 4 is 18.0 Å². The molecule has 0 radical (unpaired) electrons. The van der Waals surface area contributed by atoms with E-state index < -0.39 is 42.3 Å². The predicted octanol–water partition coefficient (Wildman–Crippen LogP) is 2.74. The van der Waals surface area contributed by atoms with Crippen LogP contribution in [0.15, 0.2) is 54.6 Å². The van der Waals surface area contributed by atoms with Gasteiger partial charge in [0.15, 0.2) is 0 Å². The summed E-state index contributed by atoms with van der Waals surface area (Å²) in [4.78, 5) is 34.9. The molecule has 0 spiro atoms. The summed E-state index contributed by atoms with van der Waals surface area (Å²) >= 11 is 0. The van der Waals surface area contributed by atoms with Crippen LogP contribution in [0, 0.1) is 0 Å². The second-order valence-corrected chi connectivity index (χ2v) is 6.28. The lowest BCUT2D eigenvalue weighted by molar-refractivity contribution is -0.141. The van der Waals surface area contributed by atoms with Gasteiger partial charge in [-0.1, -0.05) is 48.5 Å². The topological polar surface area (TPSA) is 105 Å². The van der Waals surface area contributed by atoms with Gasteiger partial charge in [0.1, 0.15) is 19.2 Å². The highest BCUT2D eigenvalue weighted by Gasteiger charge is 2.31. The highest BCUT2D eigenvalue weighted by Crippen LogP contribution is 2.29. The maximum absolute atomic E-state index is 12.8. The van der Waals surface area contributed by atoms with Crippen LogP contribution in [0.2, 0.25) is 0 Å². The van der Waals surface area contributed by atoms with E-state index in [1.165, 1.54) is 6.07 Å². The minimum Gasteiger partial charge on any atom is -0.480 e. The number of hydrogen-bond acceptors (Lipinski definition) is 4. The number of alkyl carbamates (subject to hydrolysis) is 1. The molecule has 0 saturated heterocycles. The van der Waals surface area contributed by atoms with Gasteiger partial charge < -0.3 is 20.5 Å². The Bertz CT molecular complexity index is 888. The Labute approximate surface area is 169 Å². The molecule has 0 aliphatic carbocycles. The monoisotopic (exact) mass is 424 g/mol. The fourth-order valence-electron chi connectivity index (χ4n) is 2.48. The molecule has 2 amide bonds. The number of benzene rings is 2. The second kappa shape index (κ2) is 10.3. The molecule has 2 rings (SSSR count). The summed E-state index contributed by atoms with van der Waals surface area (Å²) in [5, 5.41) is 13.6. The Morgan fingerprint density at radius 2 is 1.67 bits per heavy atom. The maximum atomic E-state index is 12.8. The Morgan fingerprint density at radius 3 is 2.30 bits per heavy atom. The number of carboxylic acid groups (broad SMARTS) is 1. The Kier molecular flexibility index (Phi) is 7.79. The summed E-state index contributed by atoms with van der Waals surface area (Å²) in [7, 11) is 0. The molecule has 1 atom stereocenters. The molecular formula is C20H19F3N2O5. The average Bonchev–Trinajstić information content (AvgIpc) is 2.70. The number of amides is 2. The first kappa shape index (κ1) is 22.7. The van der Waals surface area contributed by atoms with Gasteiger partial charge in [-0.15, -0.1) is 0 Å². The van der Waals surface area contributed by atoms with Gasteiger partial charge in [0.25, 0.3) is 0 Å². The van der Waals surface area contributed by atoms with E-state index in [9.17, 15) is 32.7 Å². The van der Waals surface area contributed by atoms with E-state index in [2.05, 4.69) is 10.6 Å². The van der Waals surface area contributed by atoms with Gasteiger partial charge >= 0.3 is 18.2 Å². The van der Waals surface area contributed by atoms with E-state index in [0.717, 1.165) is 23.8 Å². The van der Waals surface area contributed by atoms with Crippen molar-refractivity contribution in [2.45, 2.75) is 25.2 Å². The number of carboxylic acids is 1. The summed E-state index contributed by atoms with van der Waals surface area (Å²) in [5.74, 6) is -2.25. The van der Waals surface area contributed by atoms with Crippen LogP contribution in [0.1, 0.15) is 16.7 Å². The third kappa shape index (κ3) is 7.46. The lowest BCUT2D eigenvalue weighted by Gasteiger charge is -2.16. The van der Waals surface area contributed by atoms with Crippen molar-refractivity contribution < 1.29 is 37.4 Å². The van der Waals surface area contributed by atoms with E-state index >= 15 is 0 Å². The molecule has 0 bridgehead atoms. The van der Waals surface area contributed by atoms with Crippen molar-refractivity contribution in [2.24, 2.45) is 0 Å². The van der Waals surface area contributed by atoms with Crippen molar-refractivity contribution in [3.05, 3.63) is 71.3 Å². The van der Waals surface area contributed by atoms with Crippen LogP contribution in [-0.4, -0.2) is 35.7 Å². The largest absolute Gasteiger partial charge is 0.480 e. The Balaban J connectivity index is 1.85. The van der Waals surface area contributed by atoms with Crippen LogP contribution >= 0.6 is 0 Å². The number of alkyl halides is 3. The first-order chi connectivity index (χ1) is 14.1. The molecule has 30 heavy (non-hydrogen) atoms. The summed E-state index contributed by atoms with van der Waals surface area (Å²) in [6, 6.07) is 11.5. The van der Waals surface area contributed by atoms with Crippen LogP contribution in [0.4, 0.5) is 18.0 Å². The number of aliphatic carboxylic acids is 1. The van der Waals surface area contributed by atoms with Gasteiger partial charge in [0, 0.05) is 6.42 Å². The highest BCUT2D eigenvalue weighted by atomic mass is 19.4. The summed E-state index contributed by atoms with van der Waals surface area (Å²) in [6.07, 6.45) is -5.80. The molecule has 2 aromatic carbocycles. The molecule has 10 heteroatoms. The molecule has 0 aliphatic heterocycles. The first-order valence-electron chi connectivity index (χ1n) is 8.78. The second-order valence-electron chi connectivity index (χ2n) is 6.28. The molecule has 0 aliphatic rings. The highest BCUT2D eigenvalue weighted by molar-refractivity contribution is 5.86. The number of halogens is 3. The Hall–Kier alpha value is -3.56. The average molecular weight is 424 g/mol. The molecule has 2 aromatic rings. The zero-order valence-electron chi connectivity index (χ0n) is 15.6. The number of rotatable bonds is 8. The molecule has 0 aromatic heterocycles. The van der Waals surface area contributed by atoms with Crippen molar-refractivity contribution in [3.63, 3.8) is 0 Å². The fraction of sp³-hybridized carbons (Fsp3) is 0.250. The van der Waals surface area contributed by atoms with Gasteiger partial charge in [0.05, 0.1) is 5.56 Å². The van der Waals surface area contributed by atoms with Crippen LogP contribution in [0.3, 0.4) is 0 Å². The van der Waals surface area contributed by atoms with Crippen molar-refractivity contribution in [1.82, 2.24) is 10.6 Å². The normalized spacial score (nSPS) is 12.0. The number of carbonyl (C=O) groups is 3. The standard InChI is InChI=1S/C20H19F3N2O5/c21-20(22,23)15-8-4-7-14(9-15)10-16(18(27)28)25-17(26)11-24-19(29)30-12-13-5-2-1-3-6-13/h1-9,16H,10-12H2,(H,24,29)(H,25,26)(H,27,28)/t16-/m0/s1. The van der Waals surface area contributed by atoms with Gasteiger partial charge in [0.2, 0.25) is 5.91 Å². The van der Waals surface area contributed by atoms with E-state index in [1.807, 2.05) is 0 Å². The lowest BCUT2D eigenvalue weighted by atomic mass is 10.0. The van der Waals surface area contributed by atoms with Crippen molar-refractivity contribution in [2.75, 3.05) is 6.54 Å². The van der Waals surface area contributed by atoms with Gasteiger partial charge in [-0.2, -0.15) is 13.2 Å². The minimum atomic E-state index is -4.57. The zero-order valence-corrected chi connectivity index (χ0v) is 15.6. The molecule has 0 fully saturated rings. The molecular weight excluding hydrogens is 405 g/mol. The predicted molar refractivity (Wildman–Crippen MR) is 99.3 cm³/mol. The van der Waals surface area contributed by atoms with Crippen LogP contribution in [-0.2, 0) is 33.5 Å². The summed E-state index contributed by atoms with van der Waals surface area (Å²) in [5.41, 5.74) is -0.0878. The lowest BCUT2D eigenvalue weighted by Crippen LogP contribution is -2.46. The van der Waals surface area contributed by atoms with E-state index in [4.69, 9.17) is 4.74 Å². The van der Waals surface area contributed by atoms with Crippen molar-refractivity contribution in [1.29, 1.82) is 0 Å².